The van der Waals surface area contributed by atoms with Crippen LogP contribution in [0.5, 0.6) is 11.6 Å². The number of nitrogens with zero attached hydrogens (tertiary/aromatic N) is 1. The van der Waals surface area contributed by atoms with Crippen LogP contribution in [-0.4, -0.2) is 24.1 Å². The summed E-state index contributed by atoms with van der Waals surface area (Å²) in [5, 5.41) is 0. The molecule has 2 aromatic rings. The van der Waals surface area contributed by atoms with Crippen molar-refractivity contribution < 1.29 is 36.2 Å². The number of alkyl halides is 3. The monoisotopic (exact) mass is 390 g/mol. The molecule has 1 heterocycles. The van der Waals surface area contributed by atoms with Crippen LogP contribution < -0.4 is 15.2 Å². The van der Waals surface area contributed by atoms with Gasteiger partial charge in [0.15, 0.2) is 11.6 Å². The van der Waals surface area contributed by atoms with Gasteiger partial charge in [0.25, 0.3) is 5.91 Å². The second-order valence-electron chi connectivity index (χ2n) is 5.39. The van der Waals surface area contributed by atoms with Gasteiger partial charge >= 0.3 is 6.18 Å². The molecule has 0 aliphatic rings. The van der Waals surface area contributed by atoms with Gasteiger partial charge in [0, 0.05) is 12.3 Å². The van der Waals surface area contributed by atoms with Crippen LogP contribution in [0, 0.1) is 11.6 Å². The number of hydrogen-bond acceptors (Lipinski definition) is 4. The third-order valence-electron chi connectivity index (χ3n) is 3.41. The number of unbranched alkanes of at least 4 members (excludes halogenated alkanes) is 1. The molecule has 0 atom stereocenters. The maximum absolute atomic E-state index is 13.9. The summed E-state index contributed by atoms with van der Waals surface area (Å²) in [5.41, 5.74) is 3.16. The second kappa shape index (κ2) is 8.65. The number of ether oxygens (including phenoxy) is 2. The number of amides is 1. The van der Waals surface area contributed by atoms with Crippen LogP contribution in [-0.2, 0) is 6.18 Å². The summed E-state index contributed by atoms with van der Waals surface area (Å²) in [6, 6.07) is 3.88. The number of primary amides is 1. The minimum absolute atomic E-state index is 0.0413. The molecule has 2 rings (SSSR count). The van der Waals surface area contributed by atoms with E-state index >= 15 is 0 Å². The summed E-state index contributed by atoms with van der Waals surface area (Å²) >= 11 is 0. The van der Waals surface area contributed by atoms with Crippen LogP contribution in [0.15, 0.2) is 30.5 Å². The molecular weight excluding hydrogens is 375 g/mol. The molecule has 1 aromatic carbocycles. The number of nitrogens with two attached hydrogens (primary N) is 1. The number of carbonyl (C=O) groups excluding carboxylic acids is 1. The summed E-state index contributed by atoms with van der Waals surface area (Å²) in [7, 11) is 0. The number of rotatable bonds is 8. The quantitative estimate of drug-likeness (QED) is 0.551. The smallest absolute Gasteiger partial charge is 0.417 e. The van der Waals surface area contributed by atoms with Gasteiger partial charge in [-0.2, -0.15) is 13.2 Å². The molecule has 0 saturated heterocycles. The van der Waals surface area contributed by atoms with Gasteiger partial charge in [-0.05, 0) is 31.0 Å². The summed E-state index contributed by atoms with van der Waals surface area (Å²) in [5.74, 6) is -3.76. The van der Waals surface area contributed by atoms with Crippen molar-refractivity contribution in [3.05, 3.63) is 53.2 Å². The van der Waals surface area contributed by atoms with Crippen molar-refractivity contribution in [3.63, 3.8) is 0 Å². The maximum atomic E-state index is 13.9. The SMILES string of the molecule is NC(=O)c1c(F)ccc(OCCCCOc2ccc(C(F)(F)F)cn2)c1F. The molecule has 27 heavy (non-hydrogen) atoms. The van der Waals surface area contributed by atoms with Gasteiger partial charge in [0.2, 0.25) is 5.88 Å². The lowest BCUT2D eigenvalue weighted by atomic mass is 10.1. The Balaban J connectivity index is 1.75. The van der Waals surface area contributed by atoms with Crippen molar-refractivity contribution in [2.75, 3.05) is 13.2 Å². The molecule has 0 aliphatic carbocycles. The first-order chi connectivity index (χ1) is 12.7. The molecule has 10 heteroatoms. The lowest BCUT2D eigenvalue weighted by molar-refractivity contribution is -0.137. The lowest BCUT2D eigenvalue weighted by Crippen LogP contribution is -2.16. The third-order valence-corrected chi connectivity index (χ3v) is 3.41. The molecule has 2 N–H and O–H groups in total. The largest absolute Gasteiger partial charge is 0.490 e. The van der Waals surface area contributed by atoms with E-state index in [4.69, 9.17) is 15.2 Å². The Morgan fingerprint density at radius 3 is 2.26 bits per heavy atom. The van der Waals surface area contributed by atoms with Crippen LogP contribution >= 0.6 is 0 Å². The van der Waals surface area contributed by atoms with Crippen LogP contribution in [0.25, 0.3) is 0 Å². The normalized spacial score (nSPS) is 11.3. The standard InChI is InChI=1S/C17H15F5N2O3/c18-11-4-5-12(15(19)14(11)16(23)25)26-7-1-2-8-27-13-6-3-10(9-24-13)17(20,21)22/h3-6,9H,1-2,7-8H2,(H2,23,25). The summed E-state index contributed by atoms with van der Waals surface area (Å²) < 4.78 is 74.8. The van der Waals surface area contributed by atoms with Crippen LogP contribution in [0.4, 0.5) is 22.0 Å². The van der Waals surface area contributed by atoms with Gasteiger partial charge in [-0.25, -0.2) is 13.8 Å². The molecule has 0 unspecified atom stereocenters. The first-order valence-corrected chi connectivity index (χ1v) is 7.77. The average molecular weight is 390 g/mol. The zero-order chi connectivity index (χ0) is 20.0. The number of carbonyl (C=O) groups is 1. The minimum Gasteiger partial charge on any atom is -0.490 e. The van der Waals surface area contributed by atoms with Gasteiger partial charge in [0.05, 0.1) is 18.8 Å². The highest BCUT2D eigenvalue weighted by atomic mass is 19.4. The third kappa shape index (κ3) is 5.53. The molecular formula is C17H15F5N2O3. The number of aromatic nitrogens is 1. The molecule has 0 fully saturated rings. The van der Waals surface area contributed by atoms with Crippen LogP contribution in [0.1, 0.15) is 28.8 Å². The fraction of sp³-hybridized carbons (Fsp3) is 0.294. The number of pyridine rings is 1. The van der Waals surface area contributed by atoms with Crippen molar-refractivity contribution in [2.45, 2.75) is 19.0 Å². The van der Waals surface area contributed by atoms with E-state index in [9.17, 15) is 26.7 Å². The Morgan fingerprint density at radius 1 is 1.04 bits per heavy atom. The number of hydrogen-bond donors (Lipinski definition) is 1. The highest BCUT2D eigenvalue weighted by Gasteiger charge is 2.30. The predicted octanol–water partition coefficient (Wildman–Crippen LogP) is 3.72. The molecule has 0 saturated carbocycles. The fourth-order valence-corrected chi connectivity index (χ4v) is 2.07. The molecule has 1 amide bonds. The molecule has 0 aliphatic heterocycles. The van der Waals surface area contributed by atoms with E-state index < -0.39 is 34.8 Å². The highest BCUT2D eigenvalue weighted by Crippen LogP contribution is 2.29. The topological polar surface area (TPSA) is 74.4 Å². The van der Waals surface area contributed by atoms with E-state index in [-0.39, 0.29) is 24.8 Å². The van der Waals surface area contributed by atoms with Gasteiger partial charge in [-0.3, -0.25) is 4.79 Å². The van der Waals surface area contributed by atoms with E-state index in [1.807, 2.05) is 0 Å². The Labute approximate surface area is 150 Å². The van der Waals surface area contributed by atoms with Crippen molar-refractivity contribution in [1.82, 2.24) is 4.98 Å². The van der Waals surface area contributed by atoms with E-state index in [0.29, 0.717) is 19.0 Å². The Kier molecular flexibility index (Phi) is 6.54. The van der Waals surface area contributed by atoms with Crippen molar-refractivity contribution >= 4 is 5.91 Å². The Bertz CT molecular complexity index is 794. The summed E-state index contributed by atoms with van der Waals surface area (Å²) in [4.78, 5) is 14.6. The lowest BCUT2D eigenvalue weighted by Gasteiger charge is -2.10. The summed E-state index contributed by atoms with van der Waals surface area (Å²) in [6.07, 6.45) is -2.95. The molecule has 146 valence electrons. The van der Waals surface area contributed by atoms with Crippen molar-refractivity contribution in [3.8, 4) is 11.6 Å². The Hall–Kier alpha value is -2.91. The van der Waals surface area contributed by atoms with Gasteiger partial charge < -0.3 is 15.2 Å². The van der Waals surface area contributed by atoms with Crippen molar-refractivity contribution in [2.24, 2.45) is 5.73 Å². The molecule has 0 radical (unpaired) electrons. The average Bonchev–Trinajstić information content (AvgIpc) is 2.59. The predicted molar refractivity (Wildman–Crippen MR) is 84.3 cm³/mol. The van der Waals surface area contributed by atoms with E-state index in [2.05, 4.69) is 4.98 Å². The first kappa shape index (κ1) is 20.4. The van der Waals surface area contributed by atoms with Crippen molar-refractivity contribution in [1.29, 1.82) is 0 Å². The van der Waals surface area contributed by atoms with Gasteiger partial charge in [-0.1, -0.05) is 0 Å². The molecule has 0 spiro atoms. The highest BCUT2D eigenvalue weighted by molar-refractivity contribution is 5.93. The Morgan fingerprint density at radius 2 is 1.70 bits per heavy atom. The zero-order valence-corrected chi connectivity index (χ0v) is 13.9. The first-order valence-electron chi connectivity index (χ1n) is 7.77. The van der Waals surface area contributed by atoms with E-state index in [0.717, 1.165) is 24.3 Å². The van der Waals surface area contributed by atoms with E-state index in [1.165, 1.54) is 0 Å². The number of benzene rings is 1. The molecule has 1 aromatic heterocycles. The number of halogens is 5. The maximum Gasteiger partial charge on any atom is 0.417 e. The van der Waals surface area contributed by atoms with Gasteiger partial charge in [0.1, 0.15) is 11.4 Å². The minimum atomic E-state index is -4.47. The van der Waals surface area contributed by atoms with E-state index in [1.54, 1.807) is 0 Å². The second-order valence-corrected chi connectivity index (χ2v) is 5.39. The molecule has 0 bridgehead atoms. The summed E-state index contributed by atoms with van der Waals surface area (Å²) in [6.45, 7) is 0.199. The molecule has 5 nitrogen and oxygen atoms in total. The zero-order valence-electron chi connectivity index (χ0n) is 13.9. The van der Waals surface area contributed by atoms with Crippen LogP contribution in [0.2, 0.25) is 0 Å². The van der Waals surface area contributed by atoms with Gasteiger partial charge in [-0.15, -0.1) is 0 Å². The van der Waals surface area contributed by atoms with Crippen LogP contribution in [0.3, 0.4) is 0 Å². The fourth-order valence-electron chi connectivity index (χ4n) is 2.07.